The molecule has 0 aliphatic carbocycles. The normalized spacial score (nSPS) is 14.4. The molecule has 0 fully saturated rings. The van der Waals surface area contributed by atoms with Crippen LogP contribution in [0.3, 0.4) is 0 Å². The van der Waals surface area contributed by atoms with E-state index in [2.05, 4.69) is 4.98 Å². The smallest absolute Gasteiger partial charge is 0.330 e. The molecule has 0 aliphatic heterocycles. The maximum absolute atomic E-state index is 11.6. The Bertz CT molecular complexity index is 464. The van der Waals surface area contributed by atoms with Crippen LogP contribution in [0.25, 0.3) is 0 Å². The van der Waals surface area contributed by atoms with Gasteiger partial charge in [0.15, 0.2) is 6.23 Å². The van der Waals surface area contributed by atoms with Gasteiger partial charge in [0.1, 0.15) is 6.10 Å². The zero-order valence-electron chi connectivity index (χ0n) is 9.91. The van der Waals surface area contributed by atoms with E-state index in [0.717, 1.165) is 10.6 Å². The minimum absolute atomic E-state index is 0.0317. The minimum Gasteiger partial charge on any atom is -0.394 e. The Kier molecular flexibility index (Phi) is 5.72. The highest BCUT2D eigenvalue weighted by Gasteiger charge is 2.24. The zero-order chi connectivity index (χ0) is 13.5. The Morgan fingerprint density at radius 1 is 1.44 bits per heavy atom. The molecule has 1 aromatic heterocycles. The Morgan fingerprint density at radius 2 is 2.17 bits per heavy atom. The summed E-state index contributed by atoms with van der Waals surface area (Å²) >= 11 is 0. The van der Waals surface area contributed by atoms with Crippen molar-refractivity contribution >= 4 is 0 Å². The largest absolute Gasteiger partial charge is 0.394 e. The Morgan fingerprint density at radius 3 is 2.67 bits per heavy atom. The van der Waals surface area contributed by atoms with E-state index in [9.17, 15) is 9.59 Å². The van der Waals surface area contributed by atoms with Gasteiger partial charge < -0.3 is 19.7 Å². The van der Waals surface area contributed by atoms with Crippen molar-refractivity contribution in [2.24, 2.45) is 0 Å². The number of hydrogen-bond acceptors (Lipinski definition) is 6. The molecule has 8 nitrogen and oxygen atoms in total. The molecule has 0 saturated heterocycles. The predicted molar refractivity (Wildman–Crippen MR) is 61.3 cm³/mol. The molecule has 1 aromatic rings. The van der Waals surface area contributed by atoms with E-state index in [0.29, 0.717) is 0 Å². The molecule has 1 rings (SSSR count). The van der Waals surface area contributed by atoms with Crippen molar-refractivity contribution in [3.63, 3.8) is 0 Å². The second-order valence-corrected chi connectivity index (χ2v) is 3.46. The number of aliphatic hydroxyl groups excluding tert-OH is 2. The molecule has 0 unspecified atom stereocenters. The van der Waals surface area contributed by atoms with E-state index in [1.165, 1.54) is 13.3 Å². The van der Waals surface area contributed by atoms with Crippen LogP contribution in [-0.4, -0.2) is 52.8 Å². The second-order valence-electron chi connectivity index (χ2n) is 3.46. The summed E-state index contributed by atoms with van der Waals surface area (Å²) in [5.74, 6) is 0. The Labute approximate surface area is 102 Å². The number of aromatic nitrogens is 2. The van der Waals surface area contributed by atoms with Crippen LogP contribution in [-0.2, 0) is 9.47 Å². The van der Waals surface area contributed by atoms with E-state index >= 15 is 0 Å². The van der Waals surface area contributed by atoms with Crippen LogP contribution in [0.5, 0.6) is 0 Å². The van der Waals surface area contributed by atoms with Gasteiger partial charge in [-0.2, -0.15) is 0 Å². The molecular formula is C10H16N2O6. The number of aromatic amines is 1. The van der Waals surface area contributed by atoms with E-state index < -0.39 is 23.6 Å². The molecule has 18 heavy (non-hydrogen) atoms. The summed E-state index contributed by atoms with van der Waals surface area (Å²) in [7, 11) is 1.35. The van der Waals surface area contributed by atoms with Crippen molar-refractivity contribution < 1.29 is 19.7 Å². The van der Waals surface area contributed by atoms with Gasteiger partial charge >= 0.3 is 5.69 Å². The van der Waals surface area contributed by atoms with Crippen LogP contribution in [0.1, 0.15) is 6.23 Å². The first-order valence-electron chi connectivity index (χ1n) is 5.31. The fraction of sp³-hybridized carbons (Fsp3) is 0.600. The summed E-state index contributed by atoms with van der Waals surface area (Å²) in [6, 6.07) is 1.15. The highest BCUT2D eigenvalue weighted by Crippen LogP contribution is 2.13. The lowest BCUT2D eigenvalue weighted by atomic mass is 10.3. The highest BCUT2D eigenvalue weighted by atomic mass is 16.6. The number of ether oxygens (including phenoxy) is 2. The van der Waals surface area contributed by atoms with Gasteiger partial charge in [0.05, 0.1) is 19.8 Å². The Hall–Kier alpha value is -1.48. The molecule has 8 heteroatoms. The molecule has 0 aliphatic rings. The maximum atomic E-state index is 11.6. The van der Waals surface area contributed by atoms with Crippen molar-refractivity contribution in [3.8, 4) is 0 Å². The molecule has 2 atom stereocenters. The van der Waals surface area contributed by atoms with Gasteiger partial charge in [-0.3, -0.25) is 14.3 Å². The number of nitrogens with one attached hydrogen (secondary N) is 1. The predicted octanol–water partition coefficient (Wildman–Crippen LogP) is -1.95. The lowest BCUT2D eigenvalue weighted by Crippen LogP contribution is -2.40. The Balaban J connectivity index is 3.07. The lowest BCUT2D eigenvalue weighted by molar-refractivity contribution is -0.120. The third-order valence-corrected chi connectivity index (χ3v) is 2.31. The van der Waals surface area contributed by atoms with Crippen molar-refractivity contribution in [2.45, 2.75) is 12.3 Å². The summed E-state index contributed by atoms with van der Waals surface area (Å²) in [6.07, 6.45) is -0.484. The monoisotopic (exact) mass is 260 g/mol. The maximum Gasteiger partial charge on any atom is 0.330 e. The first-order chi connectivity index (χ1) is 8.63. The third kappa shape index (κ3) is 3.50. The number of rotatable bonds is 7. The van der Waals surface area contributed by atoms with Crippen molar-refractivity contribution in [3.05, 3.63) is 33.1 Å². The van der Waals surface area contributed by atoms with Crippen LogP contribution < -0.4 is 11.2 Å². The molecule has 1 heterocycles. The first kappa shape index (κ1) is 14.6. The van der Waals surface area contributed by atoms with Gasteiger partial charge in [0.25, 0.3) is 5.56 Å². The first-order valence-corrected chi connectivity index (χ1v) is 5.31. The molecule has 0 radical (unpaired) electrons. The molecule has 0 spiro atoms. The molecule has 0 amide bonds. The van der Waals surface area contributed by atoms with Gasteiger partial charge in [-0.05, 0) is 0 Å². The van der Waals surface area contributed by atoms with Gasteiger partial charge in [0.2, 0.25) is 0 Å². The van der Waals surface area contributed by atoms with Gasteiger partial charge in [-0.1, -0.05) is 0 Å². The summed E-state index contributed by atoms with van der Waals surface area (Å²) in [5.41, 5.74) is -1.21. The van der Waals surface area contributed by atoms with E-state index in [1.807, 2.05) is 0 Å². The van der Waals surface area contributed by atoms with Crippen molar-refractivity contribution in [1.29, 1.82) is 0 Å². The summed E-state index contributed by atoms with van der Waals surface area (Å²) in [4.78, 5) is 24.6. The highest BCUT2D eigenvalue weighted by molar-refractivity contribution is 4.85. The number of H-pyrrole nitrogens is 1. The van der Waals surface area contributed by atoms with Crippen molar-refractivity contribution in [1.82, 2.24) is 9.55 Å². The lowest BCUT2D eigenvalue weighted by Gasteiger charge is -2.25. The molecule has 0 bridgehead atoms. The van der Waals surface area contributed by atoms with Gasteiger partial charge in [-0.15, -0.1) is 0 Å². The zero-order valence-corrected chi connectivity index (χ0v) is 9.91. The van der Waals surface area contributed by atoms with E-state index in [1.54, 1.807) is 0 Å². The number of hydrogen-bond donors (Lipinski definition) is 3. The average molecular weight is 260 g/mol. The van der Waals surface area contributed by atoms with Crippen LogP contribution in [0.2, 0.25) is 0 Å². The number of nitrogens with zero attached hydrogens (tertiary/aromatic N) is 1. The number of methoxy groups -OCH3 is 1. The van der Waals surface area contributed by atoms with Crippen molar-refractivity contribution in [2.75, 3.05) is 26.9 Å². The molecule has 102 valence electrons. The standard InChI is InChI=1S/C10H16N2O6/c1-17-7(6-14)9(18-5-4-13)12-3-2-8(15)11-10(12)16/h2-3,7,9,13-14H,4-6H2,1H3,(H,11,15,16)/t7-,9-/m1/s1. The summed E-state index contributed by atoms with van der Waals surface area (Å²) in [5, 5.41) is 17.9. The summed E-state index contributed by atoms with van der Waals surface area (Å²) in [6.45, 7) is -0.648. The van der Waals surface area contributed by atoms with Crippen LogP contribution in [0, 0.1) is 0 Å². The SMILES string of the molecule is CO[C@H](CO)[C@@H](OCCO)n1ccc(=O)[nH]c1=O. The molecule has 0 saturated carbocycles. The fourth-order valence-electron chi connectivity index (χ4n) is 1.45. The molecule has 0 aromatic carbocycles. The van der Waals surface area contributed by atoms with Crippen LogP contribution in [0.4, 0.5) is 0 Å². The third-order valence-electron chi connectivity index (χ3n) is 2.31. The topological polar surface area (TPSA) is 114 Å². The van der Waals surface area contributed by atoms with Crippen LogP contribution in [0.15, 0.2) is 21.9 Å². The van der Waals surface area contributed by atoms with E-state index in [4.69, 9.17) is 19.7 Å². The molecular weight excluding hydrogens is 244 g/mol. The quantitative estimate of drug-likeness (QED) is 0.525. The number of aliphatic hydroxyl groups is 2. The van der Waals surface area contributed by atoms with E-state index in [-0.39, 0.29) is 19.8 Å². The van der Waals surface area contributed by atoms with Gasteiger partial charge in [0, 0.05) is 19.4 Å². The fourth-order valence-corrected chi connectivity index (χ4v) is 1.45. The summed E-state index contributed by atoms with van der Waals surface area (Å²) < 4.78 is 11.3. The second kappa shape index (κ2) is 7.07. The van der Waals surface area contributed by atoms with Gasteiger partial charge in [-0.25, -0.2) is 4.79 Å². The minimum atomic E-state index is -0.934. The average Bonchev–Trinajstić information content (AvgIpc) is 2.35. The van der Waals surface area contributed by atoms with Crippen LogP contribution >= 0.6 is 0 Å². The molecule has 3 N–H and O–H groups in total.